The summed E-state index contributed by atoms with van der Waals surface area (Å²) < 4.78 is 50.7. The Balaban J connectivity index is 1.74. The first-order valence-corrected chi connectivity index (χ1v) is 13.0. The summed E-state index contributed by atoms with van der Waals surface area (Å²) in [6.45, 7) is 5.04. The van der Waals surface area contributed by atoms with Gasteiger partial charge in [-0.05, 0) is 39.8 Å². The summed E-state index contributed by atoms with van der Waals surface area (Å²) in [6, 6.07) is 6.04. The largest absolute Gasteiger partial charge is 0.462 e. The van der Waals surface area contributed by atoms with Crippen molar-refractivity contribution in [2.75, 3.05) is 13.2 Å². The number of carbonyl (C=O) groups is 3. The molecule has 200 valence electrons. The molecule has 0 aromatic heterocycles. The Hall–Kier alpha value is -2.57. The number of nitrogens with zero attached hydrogens (tertiary/aromatic N) is 1. The number of urea groups is 1. The van der Waals surface area contributed by atoms with Gasteiger partial charge in [0.2, 0.25) is 5.91 Å². The van der Waals surface area contributed by atoms with Gasteiger partial charge in [0.1, 0.15) is 24.0 Å². The van der Waals surface area contributed by atoms with Gasteiger partial charge in [0.05, 0.1) is 12.7 Å². The van der Waals surface area contributed by atoms with Crippen molar-refractivity contribution in [2.45, 2.75) is 70.4 Å². The van der Waals surface area contributed by atoms with E-state index in [1.165, 1.54) is 19.1 Å². The number of amides is 3. The maximum atomic E-state index is 15.5. The van der Waals surface area contributed by atoms with Crippen LogP contribution in [0, 0.1) is 0 Å². The fraction of sp³-hybridized carbons (Fsp3) is 0.591. The number of para-hydroxylation sites is 1. The number of ether oxygens (including phenoxy) is 2. The number of hydrogen-bond donors (Lipinski definition) is 3. The zero-order valence-corrected chi connectivity index (χ0v) is 21.3. The molecular weight excluding hydrogens is 500 g/mol. The molecule has 1 unspecified atom stereocenters. The fourth-order valence-corrected chi connectivity index (χ4v) is 5.20. The minimum atomic E-state index is -4.29. The number of esters is 1. The van der Waals surface area contributed by atoms with Crippen LogP contribution in [0.15, 0.2) is 30.3 Å². The predicted molar refractivity (Wildman–Crippen MR) is 123 cm³/mol. The number of alkyl halides is 1. The van der Waals surface area contributed by atoms with Gasteiger partial charge in [-0.15, -0.1) is 0 Å². The van der Waals surface area contributed by atoms with Crippen LogP contribution in [0.5, 0.6) is 5.75 Å². The minimum absolute atomic E-state index is 0.0622. The second kappa shape index (κ2) is 11.2. The molecule has 3 N–H and O–H groups in total. The van der Waals surface area contributed by atoms with E-state index in [0.717, 1.165) is 11.8 Å². The van der Waals surface area contributed by atoms with E-state index in [-0.39, 0.29) is 18.7 Å². The van der Waals surface area contributed by atoms with Crippen LogP contribution in [0.2, 0.25) is 0 Å². The summed E-state index contributed by atoms with van der Waals surface area (Å²) in [7, 11) is -4.29. The first kappa shape index (κ1) is 28.0. The highest BCUT2D eigenvalue weighted by Crippen LogP contribution is 2.46. The molecule has 14 heteroatoms. The third-order valence-electron chi connectivity index (χ3n) is 5.52. The SMILES string of the molecule is CC(C)OC(=O)[C@H](C)N[P@](=O)(OCC1O[C@@H](N2CCC(=O)NC2=O)[C@](C)(F)[C@@H]1O)Oc1ccccc1. The number of benzene rings is 1. The van der Waals surface area contributed by atoms with Crippen molar-refractivity contribution in [3.63, 3.8) is 0 Å². The van der Waals surface area contributed by atoms with E-state index in [9.17, 15) is 24.1 Å². The lowest BCUT2D eigenvalue weighted by molar-refractivity contribution is -0.149. The van der Waals surface area contributed by atoms with Crippen molar-refractivity contribution in [3.8, 4) is 5.75 Å². The molecule has 1 aromatic carbocycles. The van der Waals surface area contributed by atoms with E-state index in [1.54, 1.807) is 32.0 Å². The van der Waals surface area contributed by atoms with Gasteiger partial charge >= 0.3 is 19.7 Å². The smallest absolute Gasteiger partial charge is 0.459 e. The zero-order valence-electron chi connectivity index (χ0n) is 20.4. The van der Waals surface area contributed by atoms with Gasteiger partial charge in [-0.2, -0.15) is 5.09 Å². The van der Waals surface area contributed by atoms with Crippen molar-refractivity contribution in [1.82, 2.24) is 15.3 Å². The third kappa shape index (κ3) is 6.60. The van der Waals surface area contributed by atoms with Crippen LogP contribution in [0.25, 0.3) is 0 Å². The van der Waals surface area contributed by atoms with Crippen molar-refractivity contribution in [3.05, 3.63) is 30.3 Å². The molecule has 3 amide bonds. The topological polar surface area (TPSA) is 153 Å². The molecule has 36 heavy (non-hydrogen) atoms. The van der Waals surface area contributed by atoms with E-state index in [1.807, 2.05) is 0 Å². The Morgan fingerprint density at radius 2 is 2.00 bits per heavy atom. The molecule has 0 aliphatic carbocycles. The highest BCUT2D eigenvalue weighted by atomic mass is 31.2. The van der Waals surface area contributed by atoms with Gasteiger partial charge in [-0.25, -0.2) is 13.8 Å². The molecule has 2 aliphatic rings. The lowest BCUT2D eigenvalue weighted by atomic mass is 9.97. The second-order valence-electron chi connectivity index (χ2n) is 8.95. The first-order valence-electron chi connectivity index (χ1n) is 11.4. The van der Waals surface area contributed by atoms with Gasteiger partial charge in [0.25, 0.3) is 0 Å². The number of aliphatic hydroxyl groups excluding tert-OH is 1. The van der Waals surface area contributed by atoms with Gasteiger partial charge < -0.3 is 19.1 Å². The van der Waals surface area contributed by atoms with Crippen molar-refractivity contribution >= 4 is 25.7 Å². The standard InChI is InChI=1S/C22H31FN3O9P/c1-13(2)33-19(29)14(3)25-36(31,35-15-8-6-5-7-9-15)32-12-16-18(28)22(4,23)20(34-16)26-11-10-17(27)24-21(26)30/h5-9,13-14,16,18,20,28H,10-12H2,1-4H3,(H,25,31)(H,24,27,30)/t14-,16?,18+,20+,22+,36-/m0/s1. The van der Waals surface area contributed by atoms with Gasteiger partial charge in [-0.1, -0.05) is 18.2 Å². The van der Waals surface area contributed by atoms with Gasteiger partial charge in [0.15, 0.2) is 11.9 Å². The van der Waals surface area contributed by atoms with Crippen LogP contribution in [0.4, 0.5) is 9.18 Å². The Morgan fingerprint density at radius 3 is 2.61 bits per heavy atom. The number of hydrogen-bond acceptors (Lipinski definition) is 9. The maximum absolute atomic E-state index is 15.5. The third-order valence-corrected chi connectivity index (χ3v) is 7.17. The lowest BCUT2D eigenvalue weighted by Gasteiger charge is -2.35. The number of rotatable bonds is 10. The number of aliphatic hydroxyl groups is 1. The quantitative estimate of drug-likeness (QED) is 0.301. The Morgan fingerprint density at radius 1 is 1.33 bits per heavy atom. The summed E-state index contributed by atoms with van der Waals surface area (Å²) in [5.74, 6) is -1.05. The summed E-state index contributed by atoms with van der Waals surface area (Å²) >= 11 is 0. The normalized spacial score (nSPS) is 29.0. The molecule has 0 bridgehead atoms. The number of carbonyl (C=O) groups excluding carboxylic acids is 3. The van der Waals surface area contributed by atoms with Crippen molar-refractivity contribution < 1.29 is 47.0 Å². The van der Waals surface area contributed by atoms with Crippen molar-refractivity contribution in [2.24, 2.45) is 0 Å². The Kier molecular flexibility index (Phi) is 8.73. The van der Waals surface area contributed by atoms with Crippen LogP contribution in [-0.4, -0.2) is 77.3 Å². The van der Waals surface area contributed by atoms with Crippen LogP contribution >= 0.6 is 7.75 Å². The molecular formula is C22H31FN3O9P. The molecule has 12 nitrogen and oxygen atoms in total. The average molecular weight is 531 g/mol. The average Bonchev–Trinajstić information content (AvgIpc) is 3.01. The fourth-order valence-electron chi connectivity index (χ4n) is 3.70. The van der Waals surface area contributed by atoms with Gasteiger partial charge in [0, 0.05) is 13.0 Å². The van der Waals surface area contributed by atoms with E-state index in [0.29, 0.717) is 0 Å². The lowest BCUT2D eigenvalue weighted by Crippen LogP contribution is -2.59. The summed E-state index contributed by atoms with van der Waals surface area (Å²) in [6.07, 6.45) is -5.14. The first-order chi connectivity index (χ1) is 16.8. The Labute approximate surface area is 208 Å². The van der Waals surface area contributed by atoms with Crippen LogP contribution in [0.3, 0.4) is 0 Å². The van der Waals surface area contributed by atoms with Crippen molar-refractivity contribution in [1.29, 1.82) is 0 Å². The number of halogens is 1. The molecule has 2 fully saturated rings. The molecule has 6 atom stereocenters. The highest BCUT2D eigenvalue weighted by Gasteiger charge is 2.58. The summed E-state index contributed by atoms with van der Waals surface area (Å²) in [5.41, 5.74) is -2.43. The van der Waals surface area contributed by atoms with Crippen LogP contribution in [-0.2, 0) is 28.2 Å². The zero-order chi connectivity index (χ0) is 26.7. The maximum Gasteiger partial charge on any atom is 0.459 e. The minimum Gasteiger partial charge on any atom is -0.462 e. The molecule has 1 aromatic rings. The molecule has 0 radical (unpaired) electrons. The summed E-state index contributed by atoms with van der Waals surface area (Å²) in [5, 5.41) is 15.1. The molecule has 0 saturated carbocycles. The summed E-state index contributed by atoms with van der Waals surface area (Å²) in [4.78, 5) is 36.8. The van der Waals surface area contributed by atoms with E-state index in [4.69, 9.17) is 18.5 Å². The second-order valence-corrected chi connectivity index (χ2v) is 10.6. The number of imide groups is 1. The predicted octanol–water partition coefficient (Wildman–Crippen LogP) is 1.88. The molecule has 2 aliphatic heterocycles. The highest BCUT2D eigenvalue weighted by molar-refractivity contribution is 7.52. The molecule has 2 saturated heterocycles. The van der Waals surface area contributed by atoms with Crippen LogP contribution in [0.1, 0.15) is 34.1 Å². The van der Waals surface area contributed by atoms with Crippen LogP contribution < -0.4 is 14.9 Å². The number of nitrogens with one attached hydrogen (secondary N) is 2. The van der Waals surface area contributed by atoms with E-state index >= 15 is 4.39 Å². The molecule has 0 spiro atoms. The van der Waals surface area contributed by atoms with Gasteiger partial charge in [-0.3, -0.25) is 24.3 Å². The Bertz CT molecular complexity index is 1010. The van der Waals surface area contributed by atoms with E-state index < -0.39 is 68.5 Å². The molecule has 3 rings (SSSR count). The van der Waals surface area contributed by atoms with E-state index in [2.05, 4.69) is 10.4 Å². The monoisotopic (exact) mass is 531 g/mol. The molecule has 2 heterocycles.